The van der Waals surface area contributed by atoms with Crippen LogP contribution in [0.1, 0.15) is 11.3 Å². The van der Waals surface area contributed by atoms with Crippen LogP contribution in [0.5, 0.6) is 0 Å². The van der Waals surface area contributed by atoms with Gasteiger partial charge < -0.3 is 5.73 Å². The van der Waals surface area contributed by atoms with Crippen molar-refractivity contribution in [2.24, 2.45) is 10.7 Å². The van der Waals surface area contributed by atoms with Gasteiger partial charge in [-0.2, -0.15) is 0 Å². The summed E-state index contributed by atoms with van der Waals surface area (Å²) in [5.41, 5.74) is 9.53. The number of rotatable bonds is 2. The maximum atomic E-state index is 5.69. The van der Waals surface area contributed by atoms with Crippen LogP contribution in [-0.2, 0) is 0 Å². The minimum absolute atomic E-state index is 0.231. The van der Waals surface area contributed by atoms with Gasteiger partial charge in [0.25, 0.3) is 0 Å². The standard InChI is InChI=1S/C13H14ClN3/c1-8-3-6-11-10(5-4-9(2)16-11)13(8)17-12(15)7-14/h3-6H,7H2,1-2H3,(H2,15,17). The molecular formula is C13H14ClN3. The topological polar surface area (TPSA) is 51.3 Å². The number of aryl methyl sites for hydroxylation is 2. The largest absolute Gasteiger partial charge is 0.386 e. The molecule has 2 rings (SSSR count). The average Bonchev–Trinajstić information content (AvgIpc) is 2.32. The first-order chi connectivity index (χ1) is 8.11. The first-order valence-corrected chi connectivity index (χ1v) is 5.91. The number of hydrogen-bond acceptors (Lipinski definition) is 2. The smallest absolute Gasteiger partial charge is 0.115 e. The highest BCUT2D eigenvalue weighted by atomic mass is 35.5. The van der Waals surface area contributed by atoms with Crippen LogP contribution in [0.15, 0.2) is 29.3 Å². The van der Waals surface area contributed by atoms with Crippen LogP contribution >= 0.6 is 11.6 Å². The van der Waals surface area contributed by atoms with Crippen molar-refractivity contribution in [1.29, 1.82) is 0 Å². The number of halogens is 1. The second kappa shape index (κ2) is 4.72. The van der Waals surface area contributed by atoms with Crippen LogP contribution < -0.4 is 5.73 Å². The van der Waals surface area contributed by atoms with Gasteiger partial charge in [0.2, 0.25) is 0 Å². The number of nitrogens with zero attached hydrogens (tertiary/aromatic N) is 2. The number of aliphatic imine (C=N–C) groups is 1. The molecule has 0 bridgehead atoms. The van der Waals surface area contributed by atoms with Gasteiger partial charge in [-0.05, 0) is 37.6 Å². The molecule has 0 aliphatic heterocycles. The third kappa shape index (κ3) is 2.39. The Balaban J connectivity index is 2.72. The van der Waals surface area contributed by atoms with E-state index in [1.165, 1.54) is 0 Å². The number of nitrogens with two attached hydrogens (primary N) is 1. The first-order valence-electron chi connectivity index (χ1n) is 5.38. The number of benzene rings is 1. The molecule has 0 saturated heterocycles. The van der Waals surface area contributed by atoms with Gasteiger partial charge in [-0.3, -0.25) is 4.98 Å². The molecule has 0 fully saturated rings. The second-order valence-electron chi connectivity index (χ2n) is 3.99. The summed E-state index contributed by atoms with van der Waals surface area (Å²) in [4.78, 5) is 8.82. The number of pyridine rings is 1. The molecule has 0 aliphatic carbocycles. The lowest BCUT2D eigenvalue weighted by Crippen LogP contribution is -2.12. The van der Waals surface area contributed by atoms with Crippen molar-refractivity contribution in [1.82, 2.24) is 4.98 Å². The zero-order chi connectivity index (χ0) is 12.4. The fourth-order valence-corrected chi connectivity index (χ4v) is 1.78. The zero-order valence-corrected chi connectivity index (χ0v) is 10.6. The van der Waals surface area contributed by atoms with E-state index in [-0.39, 0.29) is 5.88 Å². The van der Waals surface area contributed by atoms with Gasteiger partial charge in [0.05, 0.1) is 17.1 Å². The molecule has 0 spiro atoms. The SMILES string of the molecule is Cc1ccc2c(N=C(N)CCl)c(C)ccc2n1. The predicted octanol–water partition coefficient (Wildman–Crippen LogP) is 3.08. The van der Waals surface area contributed by atoms with Crippen molar-refractivity contribution < 1.29 is 0 Å². The van der Waals surface area contributed by atoms with Gasteiger partial charge in [-0.15, -0.1) is 11.6 Å². The van der Waals surface area contributed by atoms with E-state index in [4.69, 9.17) is 17.3 Å². The third-order valence-corrected chi connectivity index (χ3v) is 2.85. The highest BCUT2D eigenvalue weighted by molar-refractivity contribution is 6.28. The summed E-state index contributed by atoms with van der Waals surface area (Å²) in [6.07, 6.45) is 0. The van der Waals surface area contributed by atoms with Gasteiger partial charge in [0.15, 0.2) is 0 Å². The summed E-state index contributed by atoms with van der Waals surface area (Å²) in [5, 5.41) is 1.00. The Morgan fingerprint density at radius 2 is 2.06 bits per heavy atom. The number of fused-ring (bicyclic) bond motifs is 1. The van der Waals surface area contributed by atoms with E-state index in [0.717, 1.165) is 27.8 Å². The lowest BCUT2D eigenvalue weighted by molar-refractivity contribution is 1.25. The molecule has 0 radical (unpaired) electrons. The van der Waals surface area contributed by atoms with Crippen molar-refractivity contribution in [3.05, 3.63) is 35.5 Å². The highest BCUT2D eigenvalue weighted by Crippen LogP contribution is 2.29. The summed E-state index contributed by atoms with van der Waals surface area (Å²) in [7, 11) is 0. The molecular weight excluding hydrogens is 234 g/mol. The van der Waals surface area contributed by atoms with E-state index in [9.17, 15) is 0 Å². The molecule has 17 heavy (non-hydrogen) atoms. The molecule has 2 N–H and O–H groups in total. The summed E-state index contributed by atoms with van der Waals surface area (Å²) in [5.74, 6) is 0.651. The van der Waals surface area contributed by atoms with Crippen molar-refractivity contribution >= 4 is 34.0 Å². The first kappa shape index (κ1) is 11.9. The van der Waals surface area contributed by atoms with Crippen LogP contribution in [0.25, 0.3) is 10.9 Å². The van der Waals surface area contributed by atoms with E-state index >= 15 is 0 Å². The average molecular weight is 248 g/mol. The lowest BCUT2D eigenvalue weighted by atomic mass is 10.1. The molecule has 3 nitrogen and oxygen atoms in total. The summed E-state index contributed by atoms with van der Waals surface area (Å²) in [6, 6.07) is 7.98. The van der Waals surface area contributed by atoms with Crippen molar-refractivity contribution in [3.8, 4) is 0 Å². The minimum atomic E-state index is 0.231. The summed E-state index contributed by atoms with van der Waals surface area (Å²) >= 11 is 5.66. The van der Waals surface area contributed by atoms with Crippen LogP contribution in [0, 0.1) is 13.8 Å². The second-order valence-corrected chi connectivity index (χ2v) is 4.25. The number of hydrogen-bond donors (Lipinski definition) is 1. The van der Waals surface area contributed by atoms with Gasteiger partial charge >= 0.3 is 0 Å². The van der Waals surface area contributed by atoms with Gasteiger partial charge in [-0.1, -0.05) is 6.07 Å². The van der Waals surface area contributed by atoms with E-state index in [0.29, 0.717) is 5.84 Å². The Bertz CT molecular complexity index is 590. The van der Waals surface area contributed by atoms with E-state index in [1.807, 2.05) is 38.1 Å². The molecule has 4 heteroatoms. The normalized spacial score (nSPS) is 12.1. The van der Waals surface area contributed by atoms with Crippen LogP contribution in [-0.4, -0.2) is 16.7 Å². The summed E-state index contributed by atoms with van der Waals surface area (Å²) < 4.78 is 0. The molecule has 0 aliphatic rings. The highest BCUT2D eigenvalue weighted by Gasteiger charge is 2.05. The Morgan fingerprint density at radius 1 is 1.29 bits per heavy atom. The zero-order valence-electron chi connectivity index (χ0n) is 9.87. The van der Waals surface area contributed by atoms with E-state index in [1.54, 1.807) is 0 Å². The van der Waals surface area contributed by atoms with Crippen molar-refractivity contribution in [2.45, 2.75) is 13.8 Å². The third-order valence-electron chi connectivity index (χ3n) is 2.58. The molecule has 0 atom stereocenters. The Labute approximate surface area is 105 Å². The molecule has 1 heterocycles. The quantitative estimate of drug-likeness (QED) is 0.504. The summed E-state index contributed by atoms with van der Waals surface area (Å²) in [6.45, 7) is 3.97. The van der Waals surface area contributed by atoms with Gasteiger partial charge in [0, 0.05) is 11.1 Å². The maximum Gasteiger partial charge on any atom is 0.115 e. The van der Waals surface area contributed by atoms with Crippen LogP contribution in [0.3, 0.4) is 0 Å². The number of aromatic nitrogens is 1. The van der Waals surface area contributed by atoms with Crippen LogP contribution in [0.4, 0.5) is 5.69 Å². The van der Waals surface area contributed by atoms with Gasteiger partial charge in [-0.25, -0.2) is 4.99 Å². The molecule has 0 unspecified atom stereocenters. The lowest BCUT2D eigenvalue weighted by Gasteiger charge is -2.07. The molecule has 0 saturated carbocycles. The maximum absolute atomic E-state index is 5.69. The number of alkyl halides is 1. The number of amidine groups is 1. The minimum Gasteiger partial charge on any atom is -0.386 e. The fourth-order valence-electron chi connectivity index (χ4n) is 1.72. The Hall–Kier alpha value is -1.61. The van der Waals surface area contributed by atoms with Crippen molar-refractivity contribution in [3.63, 3.8) is 0 Å². The Kier molecular flexibility index (Phi) is 3.29. The van der Waals surface area contributed by atoms with Gasteiger partial charge in [0.1, 0.15) is 5.84 Å². The molecule has 88 valence electrons. The van der Waals surface area contributed by atoms with E-state index in [2.05, 4.69) is 9.98 Å². The van der Waals surface area contributed by atoms with E-state index < -0.39 is 0 Å². The Morgan fingerprint density at radius 3 is 2.76 bits per heavy atom. The molecule has 1 aromatic heterocycles. The predicted molar refractivity (Wildman–Crippen MR) is 73.2 cm³/mol. The van der Waals surface area contributed by atoms with Crippen molar-refractivity contribution in [2.75, 3.05) is 5.88 Å². The fraction of sp³-hybridized carbons (Fsp3) is 0.231. The molecule has 1 aromatic carbocycles. The molecule has 0 amide bonds. The van der Waals surface area contributed by atoms with Crippen LogP contribution in [0.2, 0.25) is 0 Å². The molecule has 2 aromatic rings. The monoisotopic (exact) mass is 247 g/mol.